The molecule has 0 aromatic carbocycles. The number of aromatic nitrogens is 4. The van der Waals surface area contributed by atoms with Crippen molar-refractivity contribution in [1.29, 1.82) is 0 Å². The Kier molecular flexibility index (Phi) is 29.5. The molecule has 0 radical (unpaired) electrons. The molecule has 2 aromatic rings. The van der Waals surface area contributed by atoms with Crippen LogP contribution in [0, 0.1) is 5.41 Å². The molecule has 13 atom stereocenters. The standard InChI is InChI=1S/C47H84N7O22P3S/c1-30(72-46-34(57)25-33(56)31(2)73-46)18-16-14-12-10-8-6-5-7-9-11-13-15-17-19-32(55)24-37(59)80-23-22-49-36(58)20-21-50-44(62)41(61)47(3,4)27-71-79(68,69)76-78(66,67)70-26-35-40(75-77(63,64)65)39(60)45(74-35)54-29-53-38-42(48)51-28-52-43(38)54/h28-35,39-41,45-46,55-57,60-61H,5-27H2,1-4H3,(H,49,58)(H,50,62)(H,66,67)(H,68,69)(H2,48,51,52)(H2,63,64,65)/p-4/t30-,31+,32-,33-,34-,35-,39-,40-,41+,45-,46-/m1/s1. The topological polar surface area (TPSA) is 454 Å². The quantitative estimate of drug-likeness (QED) is 0.0342. The zero-order valence-electron chi connectivity index (χ0n) is 45.6. The fourth-order valence-electron chi connectivity index (χ4n) is 8.74. The predicted octanol–water partition coefficient (Wildman–Crippen LogP) is 1.00. The second-order valence-electron chi connectivity index (χ2n) is 20.8. The summed E-state index contributed by atoms with van der Waals surface area (Å²) in [6, 6.07) is 0. The number of rotatable bonds is 39. The zero-order chi connectivity index (χ0) is 59.3. The summed E-state index contributed by atoms with van der Waals surface area (Å²) < 4.78 is 72.4. The summed E-state index contributed by atoms with van der Waals surface area (Å²) in [4.78, 5) is 97.3. The molecule has 0 bridgehead atoms. The maximum absolute atomic E-state index is 12.7. The largest absolute Gasteiger partial charge is 0.790 e. The minimum absolute atomic E-state index is 0.00871. The number of nitrogens with two attached hydrogens (primary N) is 1. The van der Waals surface area contributed by atoms with Gasteiger partial charge in [-0.15, -0.1) is 0 Å². The summed E-state index contributed by atoms with van der Waals surface area (Å²) in [5, 5.41) is 56.5. The molecule has 33 heteroatoms. The van der Waals surface area contributed by atoms with Gasteiger partial charge in [0.05, 0.1) is 51.8 Å². The average molecular weight is 1220 g/mol. The van der Waals surface area contributed by atoms with Crippen LogP contribution < -0.4 is 35.9 Å². The van der Waals surface area contributed by atoms with Crippen LogP contribution in [0.4, 0.5) is 5.82 Å². The van der Waals surface area contributed by atoms with E-state index < -0.39 is 109 Å². The van der Waals surface area contributed by atoms with Gasteiger partial charge in [-0.2, -0.15) is 0 Å². The number of nitrogen functional groups attached to an aromatic ring is 1. The summed E-state index contributed by atoms with van der Waals surface area (Å²) >= 11 is 0.975. The molecule has 2 amide bonds. The van der Waals surface area contributed by atoms with Crippen LogP contribution in [-0.2, 0) is 60.2 Å². The van der Waals surface area contributed by atoms with E-state index in [1.165, 1.54) is 58.8 Å². The Morgan fingerprint density at radius 2 is 1.45 bits per heavy atom. The van der Waals surface area contributed by atoms with E-state index in [2.05, 4.69) is 43.5 Å². The van der Waals surface area contributed by atoms with Gasteiger partial charge in [0.15, 0.2) is 29.1 Å². The van der Waals surface area contributed by atoms with Crippen LogP contribution >= 0.6 is 35.2 Å². The summed E-state index contributed by atoms with van der Waals surface area (Å²) in [6.07, 6.45) is 5.30. The number of aliphatic hydroxyl groups is 5. The molecule has 4 heterocycles. The SMILES string of the molecule is C[C@H](CCCCCCCCCCCCCCC[C@@H](O)CC(=O)SCCNC(=O)CCNC(=O)[C@H](O)C(C)(C)COP(=O)([O-])OP(=O)([O-])OC[C@H]1O[C@@H](n2cnc3c(N)ncnc32)[C@H](O)[C@@H]1OP(=O)([O-])[O-])O[C@@H]1O[C@@H](C)[C@H](O)C[C@H]1O. The Morgan fingerprint density at radius 3 is 2.08 bits per heavy atom. The fourth-order valence-corrected chi connectivity index (χ4v) is 12.2. The smallest absolute Gasteiger partial charge is 0.274 e. The van der Waals surface area contributed by atoms with Gasteiger partial charge in [-0.25, -0.2) is 19.3 Å². The predicted molar refractivity (Wildman–Crippen MR) is 280 cm³/mol. The number of carbonyl (C=O) groups is 3. The number of aliphatic hydroxyl groups excluding tert-OH is 5. The van der Waals surface area contributed by atoms with Crippen molar-refractivity contribution in [2.24, 2.45) is 5.41 Å². The molecule has 0 saturated carbocycles. The van der Waals surface area contributed by atoms with Gasteiger partial charge in [-0.05, 0) is 26.7 Å². The number of fused-ring (bicyclic) bond motifs is 1. The highest BCUT2D eigenvalue weighted by molar-refractivity contribution is 8.13. The lowest BCUT2D eigenvalue weighted by Crippen LogP contribution is -2.48. The average Bonchev–Trinajstić information content (AvgIpc) is 3.93. The number of phosphoric ester groups is 3. The van der Waals surface area contributed by atoms with Gasteiger partial charge in [0.1, 0.15) is 42.4 Å². The molecule has 2 aromatic heterocycles. The minimum Gasteiger partial charge on any atom is -0.790 e. The third-order valence-corrected chi connectivity index (χ3v) is 17.3. The molecular weight excluding hydrogens is 1140 g/mol. The van der Waals surface area contributed by atoms with Crippen molar-refractivity contribution in [3.63, 3.8) is 0 Å². The number of amides is 2. The van der Waals surface area contributed by atoms with E-state index in [9.17, 15) is 73.2 Å². The number of nitrogens with zero attached hydrogens (tertiary/aromatic N) is 4. The third kappa shape index (κ3) is 24.9. The molecule has 2 fully saturated rings. The van der Waals surface area contributed by atoms with Gasteiger partial charge >= 0.3 is 0 Å². The van der Waals surface area contributed by atoms with Crippen LogP contribution in [0.3, 0.4) is 0 Å². The number of imidazole rings is 1. The number of thioether (sulfide) groups is 1. The van der Waals surface area contributed by atoms with E-state index in [1.807, 2.05) is 6.92 Å². The second-order valence-corrected chi connectivity index (χ2v) is 26.0. The molecule has 2 aliphatic rings. The molecule has 29 nitrogen and oxygen atoms in total. The van der Waals surface area contributed by atoms with E-state index in [0.717, 1.165) is 73.9 Å². The van der Waals surface area contributed by atoms with E-state index in [4.69, 9.17) is 19.9 Å². The maximum atomic E-state index is 12.7. The van der Waals surface area contributed by atoms with Crippen LogP contribution in [0.2, 0.25) is 0 Å². The van der Waals surface area contributed by atoms with E-state index in [-0.39, 0.29) is 72.4 Å². The molecule has 4 rings (SSSR count). The van der Waals surface area contributed by atoms with E-state index in [0.29, 0.717) is 6.42 Å². The van der Waals surface area contributed by atoms with E-state index in [1.54, 1.807) is 6.92 Å². The van der Waals surface area contributed by atoms with Gasteiger partial charge in [0, 0.05) is 43.5 Å². The zero-order valence-corrected chi connectivity index (χ0v) is 49.1. The first-order valence-electron chi connectivity index (χ1n) is 26.9. The first-order chi connectivity index (χ1) is 37.6. The van der Waals surface area contributed by atoms with Crippen molar-refractivity contribution in [3.8, 4) is 0 Å². The minimum atomic E-state index is -5.94. The number of carbonyl (C=O) groups excluding carboxylic acids is 3. The summed E-state index contributed by atoms with van der Waals surface area (Å²) in [5.74, 6) is -1.37. The summed E-state index contributed by atoms with van der Waals surface area (Å²) in [7, 11) is -17.7. The van der Waals surface area contributed by atoms with Crippen LogP contribution in [0.1, 0.15) is 149 Å². The molecule has 2 unspecified atom stereocenters. The third-order valence-electron chi connectivity index (χ3n) is 13.3. The molecule has 80 heavy (non-hydrogen) atoms. The Morgan fingerprint density at radius 1 is 0.850 bits per heavy atom. The van der Waals surface area contributed by atoms with Crippen molar-refractivity contribution >= 4 is 69.1 Å². The first kappa shape index (κ1) is 69.9. The normalized spacial score (nSPS) is 24.5. The van der Waals surface area contributed by atoms with Crippen molar-refractivity contribution in [2.45, 2.75) is 211 Å². The van der Waals surface area contributed by atoms with Gasteiger partial charge in [0.25, 0.3) is 15.6 Å². The Hall–Kier alpha value is -2.64. The van der Waals surface area contributed by atoms with Crippen molar-refractivity contribution in [2.75, 3.05) is 37.8 Å². The van der Waals surface area contributed by atoms with Crippen molar-refractivity contribution < 1.29 is 105 Å². The lowest BCUT2D eigenvalue weighted by Gasteiger charge is -2.36. The number of nitrogens with one attached hydrogen (secondary N) is 2. The molecule has 2 saturated heterocycles. The highest BCUT2D eigenvalue weighted by Crippen LogP contribution is 2.56. The highest BCUT2D eigenvalue weighted by atomic mass is 32.2. The molecule has 0 spiro atoms. The first-order valence-corrected chi connectivity index (χ1v) is 32.3. The van der Waals surface area contributed by atoms with Gasteiger partial charge in [-0.1, -0.05) is 109 Å². The Labute approximate surface area is 469 Å². The second kappa shape index (κ2) is 33.7. The lowest BCUT2D eigenvalue weighted by atomic mass is 9.87. The fraction of sp³-hybridized carbons (Fsp3) is 0.830. The van der Waals surface area contributed by atoms with Crippen LogP contribution in [0.5, 0.6) is 0 Å². The van der Waals surface area contributed by atoms with Gasteiger partial charge < -0.3 is 93.8 Å². The molecule has 460 valence electrons. The number of unbranched alkanes of at least 4 members (excludes halogenated alkanes) is 12. The van der Waals surface area contributed by atoms with Crippen LogP contribution in [0.15, 0.2) is 12.7 Å². The van der Waals surface area contributed by atoms with Crippen LogP contribution in [-0.4, -0.2) is 155 Å². The summed E-state index contributed by atoms with van der Waals surface area (Å²) in [5.41, 5.74) is 4.05. The Bertz CT molecular complexity index is 2380. The van der Waals surface area contributed by atoms with Gasteiger partial charge in [0.2, 0.25) is 11.8 Å². The number of anilines is 1. The summed E-state index contributed by atoms with van der Waals surface area (Å²) in [6.45, 7) is 3.72. The number of ether oxygens (including phenoxy) is 3. The monoisotopic (exact) mass is 1220 g/mol. The number of hydrogen-bond acceptors (Lipinski definition) is 27. The molecule has 9 N–H and O–H groups in total. The molecular formula is C47H80N7O22P3S-4. The molecule has 2 aliphatic heterocycles. The van der Waals surface area contributed by atoms with Gasteiger partial charge in [-0.3, -0.25) is 28.1 Å². The Balaban J connectivity index is 0.986. The van der Waals surface area contributed by atoms with Crippen molar-refractivity contribution in [3.05, 3.63) is 12.7 Å². The highest BCUT2D eigenvalue weighted by Gasteiger charge is 2.47. The molecule has 0 aliphatic carbocycles. The van der Waals surface area contributed by atoms with E-state index >= 15 is 0 Å². The van der Waals surface area contributed by atoms with Crippen LogP contribution in [0.25, 0.3) is 11.2 Å². The lowest BCUT2D eigenvalue weighted by molar-refractivity contribution is -0.347. The number of phosphoric acid groups is 3. The number of hydrogen-bond donors (Lipinski definition) is 8. The maximum Gasteiger partial charge on any atom is 0.274 e. The van der Waals surface area contributed by atoms with Crippen molar-refractivity contribution in [1.82, 2.24) is 30.2 Å².